The third-order valence-corrected chi connectivity index (χ3v) is 3.05. The van der Waals surface area contributed by atoms with Gasteiger partial charge in [-0.1, -0.05) is 0 Å². The van der Waals surface area contributed by atoms with Gasteiger partial charge in [-0.3, -0.25) is 0 Å². The Bertz CT molecular complexity index is 352. The summed E-state index contributed by atoms with van der Waals surface area (Å²) in [5.74, 6) is 0. The summed E-state index contributed by atoms with van der Waals surface area (Å²) in [6.45, 7) is 1.49. The number of hydrogen-bond donors (Lipinski definition) is 3. The van der Waals surface area contributed by atoms with Crippen molar-refractivity contribution in [3.8, 4) is 0 Å². The van der Waals surface area contributed by atoms with E-state index in [4.69, 9.17) is 5.73 Å². The molecule has 0 amide bonds. The Balaban J connectivity index is 0.000000686. The Morgan fingerprint density at radius 1 is 1.29 bits per heavy atom. The van der Waals surface area contributed by atoms with Crippen LogP contribution in [0, 0.1) is 0 Å². The zero-order chi connectivity index (χ0) is 12.8. The highest BCUT2D eigenvalue weighted by atomic mass is 32.1. The molecule has 0 aliphatic carbocycles. The van der Waals surface area contributed by atoms with E-state index in [9.17, 15) is 4.39 Å². The molecule has 0 unspecified atom stereocenters. The van der Waals surface area contributed by atoms with E-state index in [1.165, 1.54) is 7.05 Å². The highest BCUT2D eigenvalue weighted by Gasteiger charge is 2.19. The van der Waals surface area contributed by atoms with Gasteiger partial charge in [0.2, 0.25) is 0 Å². The molecule has 96 valence electrons. The fourth-order valence-electron chi connectivity index (χ4n) is 1.92. The molecule has 1 aromatic carbocycles. The normalized spacial score (nSPS) is 16.4. The van der Waals surface area contributed by atoms with Gasteiger partial charge in [0.15, 0.2) is 0 Å². The summed E-state index contributed by atoms with van der Waals surface area (Å²) in [5, 5.41) is 0. The predicted octanol–water partition coefficient (Wildman–Crippen LogP) is 2.07. The first-order valence-corrected chi connectivity index (χ1v) is 6.17. The highest BCUT2D eigenvalue weighted by Crippen LogP contribution is 2.28. The molecular formula is C12H20FN3S. The minimum Gasteiger partial charge on any atom is -0.397 e. The number of anilines is 2. The maximum Gasteiger partial charge on any atom is 0.103 e. The highest BCUT2D eigenvalue weighted by molar-refractivity contribution is 7.80. The predicted molar refractivity (Wildman–Crippen MR) is 74.6 cm³/mol. The third kappa shape index (κ3) is 3.78. The molecule has 1 fully saturated rings. The summed E-state index contributed by atoms with van der Waals surface area (Å²) in [6.07, 6.45) is 0.552. The average Bonchev–Trinajstić information content (AvgIpc) is 2.33. The lowest BCUT2D eigenvalue weighted by atomic mass is 10.1. The van der Waals surface area contributed by atoms with Crippen LogP contribution in [0.4, 0.5) is 15.8 Å². The van der Waals surface area contributed by atoms with E-state index in [0.29, 0.717) is 12.8 Å². The first kappa shape index (κ1) is 14.1. The number of thiol groups is 1. The number of hydrogen-bond acceptors (Lipinski definition) is 4. The van der Waals surface area contributed by atoms with Crippen molar-refractivity contribution in [1.29, 1.82) is 0 Å². The zero-order valence-electron chi connectivity index (χ0n) is 10.1. The van der Waals surface area contributed by atoms with Crippen molar-refractivity contribution in [2.75, 3.05) is 30.8 Å². The lowest BCUT2D eigenvalue weighted by molar-refractivity contribution is 0.277. The molecule has 1 saturated heterocycles. The first-order valence-electron chi connectivity index (χ1n) is 5.72. The molecule has 3 nitrogen and oxygen atoms in total. The molecule has 17 heavy (non-hydrogen) atoms. The van der Waals surface area contributed by atoms with Crippen LogP contribution in [0.5, 0.6) is 0 Å². The van der Waals surface area contributed by atoms with Gasteiger partial charge in [-0.2, -0.15) is 0 Å². The Hall–Kier alpha value is -0.940. The van der Waals surface area contributed by atoms with Gasteiger partial charge >= 0.3 is 0 Å². The van der Waals surface area contributed by atoms with Crippen LogP contribution >= 0.6 is 12.6 Å². The molecule has 0 bridgehead atoms. The van der Waals surface area contributed by atoms with Crippen LogP contribution < -0.4 is 16.4 Å². The lowest BCUT2D eigenvalue weighted by Gasteiger charge is -2.31. The summed E-state index contributed by atoms with van der Waals surface area (Å²) in [5.41, 5.74) is 12.1. The number of nitrogens with zero attached hydrogens (tertiary/aromatic N) is 1. The summed E-state index contributed by atoms with van der Waals surface area (Å²) in [7, 11) is 1.50. The molecule has 1 heterocycles. The van der Waals surface area contributed by atoms with Gasteiger partial charge in [-0.15, -0.1) is 12.6 Å². The average molecular weight is 257 g/mol. The van der Waals surface area contributed by atoms with E-state index >= 15 is 0 Å². The van der Waals surface area contributed by atoms with Gasteiger partial charge < -0.3 is 16.4 Å². The van der Waals surface area contributed by atoms with Crippen molar-refractivity contribution in [3.05, 3.63) is 18.2 Å². The lowest BCUT2D eigenvalue weighted by Crippen LogP contribution is -2.34. The molecule has 0 aromatic heterocycles. The van der Waals surface area contributed by atoms with Gasteiger partial charge in [0.25, 0.3) is 0 Å². The number of alkyl halides is 1. The van der Waals surface area contributed by atoms with Gasteiger partial charge in [0.05, 0.1) is 11.4 Å². The fourth-order valence-corrected chi connectivity index (χ4v) is 2.13. The van der Waals surface area contributed by atoms with E-state index in [0.717, 1.165) is 29.4 Å². The van der Waals surface area contributed by atoms with E-state index in [1.807, 2.05) is 18.2 Å². The summed E-state index contributed by atoms with van der Waals surface area (Å²) in [6, 6.07) is 5.70. The molecule has 1 aliphatic rings. The van der Waals surface area contributed by atoms with E-state index in [1.54, 1.807) is 0 Å². The molecule has 0 saturated carbocycles. The van der Waals surface area contributed by atoms with Gasteiger partial charge in [-0.25, -0.2) is 4.39 Å². The molecule has 1 aliphatic heterocycles. The van der Waals surface area contributed by atoms with Crippen molar-refractivity contribution < 1.29 is 4.39 Å². The first-order chi connectivity index (χ1) is 8.16. The van der Waals surface area contributed by atoms with Gasteiger partial charge in [-0.05, 0) is 38.1 Å². The molecule has 1 aromatic rings. The van der Waals surface area contributed by atoms with E-state index < -0.39 is 6.17 Å². The van der Waals surface area contributed by atoms with Crippen molar-refractivity contribution >= 4 is 24.0 Å². The molecule has 5 heteroatoms. The molecule has 0 atom stereocenters. The smallest absolute Gasteiger partial charge is 0.103 e. The van der Waals surface area contributed by atoms with Crippen LogP contribution in [-0.2, 0) is 0 Å². The van der Waals surface area contributed by atoms with Crippen LogP contribution in [-0.4, -0.2) is 26.3 Å². The Kier molecular flexibility index (Phi) is 5.58. The topological polar surface area (TPSA) is 55.3 Å². The number of rotatable bonds is 1. The van der Waals surface area contributed by atoms with Gasteiger partial charge in [0.1, 0.15) is 6.17 Å². The number of halogens is 1. The minimum atomic E-state index is -0.647. The van der Waals surface area contributed by atoms with Crippen LogP contribution in [0.2, 0.25) is 0 Å². The molecule has 4 N–H and O–H groups in total. The summed E-state index contributed by atoms with van der Waals surface area (Å²) < 4.78 is 13.0. The van der Waals surface area contributed by atoms with Crippen molar-refractivity contribution in [1.82, 2.24) is 0 Å². The largest absolute Gasteiger partial charge is 0.397 e. The zero-order valence-corrected chi connectivity index (χ0v) is 11.0. The van der Waals surface area contributed by atoms with Crippen LogP contribution in [0.15, 0.2) is 23.1 Å². The quantitative estimate of drug-likeness (QED) is 0.533. The Morgan fingerprint density at radius 3 is 2.41 bits per heavy atom. The standard InChI is InChI=1S/C11H15FN2S.CH5N/c12-8-3-5-14(6-4-8)11-2-1-9(15)7-10(11)13;1-2/h1-2,7-8,15H,3-6,13H2;2H2,1H3. The minimum absolute atomic E-state index is 0.599. The monoisotopic (exact) mass is 257 g/mol. The summed E-state index contributed by atoms with van der Waals surface area (Å²) >= 11 is 4.22. The second-order valence-corrected chi connectivity index (χ2v) is 4.42. The third-order valence-electron chi connectivity index (χ3n) is 2.78. The Labute approximate surface area is 107 Å². The van der Waals surface area contributed by atoms with Crippen molar-refractivity contribution in [2.45, 2.75) is 23.9 Å². The molecule has 2 rings (SSSR count). The number of nitrogen functional groups attached to an aromatic ring is 1. The Morgan fingerprint density at radius 2 is 1.88 bits per heavy atom. The van der Waals surface area contributed by atoms with Crippen molar-refractivity contribution in [2.24, 2.45) is 5.73 Å². The number of piperidine rings is 1. The maximum atomic E-state index is 13.0. The SMILES string of the molecule is CN.Nc1cc(S)ccc1N1CCC(F)CC1. The second-order valence-electron chi connectivity index (χ2n) is 3.90. The van der Waals surface area contributed by atoms with Crippen LogP contribution in [0.1, 0.15) is 12.8 Å². The van der Waals surface area contributed by atoms with Crippen molar-refractivity contribution in [3.63, 3.8) is 0 Å². The summed E-state index contributed by atoms with van der Waals surface area (Å²) in [4.78, 5) is 3.00. The van der Waals surface area contributed by atoms with Gasteiger partial charge in [0, 0.05) is 18.0 Å². The van der Waals surface area contributed by atoms with Crippen LogP contribution in [0.3, 0.4) is 0 Å². The molecular weight excluding hydrogens is 237 g/mol. The van der Waals surface area contributed by atoms with Crippen LogP contribution in [0.25, 0.3) is 0 Å². The van der Waals surface area contributed by atoms with E-state index in [2.05, 4.69) is 23.3 Å². The molecule has 0 spiro atoms. The number of benzene rings is 1. The second kappa shape index (κ2) is 6.71. The maximum absolute atomic E-state index is 13.0. The molecule has 0 radical (unpaired) electrons. The fraction of sp³-hybridized carbons (Fsp3) is 0.500. The van der Waals surface area contributed by atoms with E-state index in [-0.39, 0.29) is 0 Å². The number of nitrogens with two attached hydrogens (primary N) is 2.